The second-order valence-electron chi connectivity index (χ2n) is 10.0. The normalized spacial score (nSPS) is 23.8. The van der Waals surface area contributed by atoms with Gasteiger partial charge in [0.15, 0.2) is 12.6 Å². The number of rotatable bonds is 6. The Morgan fingerprint density at radius 3 is 2.66 bits per heavy atom. The van der Waals surface area contributed by atoms with E-state index in [0.717, 1.165) is 12.0 Å². The first kappa shape index (κ1) is 25.4. The van der Waals surface area contributed by atoms with Crippen LogP contribution >= 0.6 is 11.6 Å². The van der Waals surface area contributed by atoms with Crippen molar-refractivity contribution >= 4 is 23.5 Å². The van der Waals surface area contributed by atoms with Crippen LogP contribution in [0.25, 0.3) is 11.3 Å². The van der Waals surface area contributed by atoms with Gasteiger partial charge < -0.3 is 19.1 Å². The van der Waals surface area contributed by atoms with Crippen molar-refractivity contribution in [2.24, 2.45) is 0 Å². The zero-order chi connectivity index (χ0) is 25.3. The van der Waals surface area contributed by atoms with Crippen LogP contribution in [0.15, 0.2) is 30.3 Å². The minimum atomic E-state index is -1.22. The van der Waals surface area contributed by atoms with Crippen molar-refractivity contribution in [3.8, 4) is 17.0 Å². The lowest BCUT2D eigenvalue weighted by Crippen LogP contribution is -2.59. The van der Waals surface area contributed by atoms with Crippen LogP contribution in [-0.4, -0.2) is 72.0 Å². The fourth-order valence-electron chi connectivity index (χ4n) is 4.87. The molecule has 2 aliphatic heterocycles. The molecule has 10 heteroatoms. The highest BCUT2D eigenvalue weighted by molar-refractivity contribution is 6.30. The number of halogens is 2. The van der Waals surface area contributed by atoms with E-state index >= 15 is 4.39 Å². The van der Waals surface area contributed by atoms with Crippen molar-refractivity contribution in [3.05, 3.63) is 35.4 Å². The summed E-state index contributed by atoms with van der Waals surface area (Å²) in [4.78, 5) is 16.2. The van der Waals surface area contributed by atoms with Crippen molar-refractivity contribution in [1.29, 1.82) is 0 Å². The Morgan fingerprint density at radius 1 is 1.23 bits per heavy atom. The fourth-order valence-corrected chi connectivity index (χ4v) is 5.03. The van der Waals surface area contributed by atoms with Gasteiger partial charge in [-0.05, 0) is 70.4 Å². The molecular formula is C25H32ClFN4O4. The van der Waals surface area contributed by atoms with E-state index in [4.69, 9.17) is 25.8 Å². The molecule has 4 atom stereocenters. The van der Waals surface area contributed by atoms with Gasteiger partial charge in [-0.1, -0.05) is 11.6 Å². The first-order valence-corrected chi connectivity index (χ1v) is 12.1. The summed E-state index contributed by atoms with van der Waals surface area (Å²) in [6.45, 7) is 5.53. The number of ether oxygens (including phenoxy) is 3. The number of hydrogen-bond acceptors (Lipinski definition) is 7. The minimum absolute atomic E-state index is 0.0592. The molecule has 1 aromatic carbocycles. The number of methoxy groups -OCH3 is 1. The number of anilines is 1. The second-order valence-corrected chi connectivity index (χ2v) is 10.4. The molecule has 0 saturated carbocycles. The first-order valence-electron chi connectivity index (χ1n) is 11.7. The summed E-state index contributed by atoms with van der Waals surface area (Å²) in [5.41, 5.74) is 0.702. The highest BCUT2D eigenvalue weighted by atomic mass is 35.5. The Bertz CT molecular complexity index is 1050. The molecule has 2 aromatic rings. The van der Waals surface area contributed by atoms with Crippen molar-refractivity contribution in [3.63, 3.8) is 0 Å². The minimum Gasteiger partial charge on any atom is -0.467 e. The average molecular weight is 507 g/mol. The van der Waals surface area contributed by atoms with Crippen molar-refractivity contribution < 1.29 is 23.4 Å². The third-order valence-corrected chi connectivity index (χ3v) is 6.70. The lowest BCUT2D eigenvalue weighted by atomic mass is 9.94. The van der Waals surface area contributed by atoms with Crippen LogP contribution < -0.4 is 9.64 Å². The highest BCUT2D eigenvalue weighted by Gasteiger charge is 2.52. The van der Waals surface area contributed by atoms with Gasteiger partial charge >= 0.3 is 6.09 Å². The van der Waals surface area contributed by atoms with Crippen molar-refractivity contribution in [1.82, 2.24) is 15.1 Å². The zero-order valence-corrected chi connectivity index (χ0v) is 21.5. The number of carbonyl (C=O) groups excluding carboxylic acids is 1. The maximum atomic E-state index is 15.7. The molecule has 2 bridgehead atoms. The Kier molecular flexibility index (Phi) is 7.38. The fraction of sp³-hybridized carbons (Fsp3) is 0.560. The number of alkyl halides is 1. The average Bonchev–Trinajstić information content (AvgIpc) is 3.16. The van der Waals surface area contributed by atoms with Crippen LogP contribution in [0.5, 0.6) is 5.75 Å². The van der Waals surface area contributed by atoms with Crippen LogP contribution in [0, 0.1) is 0 Å². The van der Waals surface area contributed by atoms with E-state index in [1.54, 1.807) is 17.0 Å². The molecular weight excluding hydrogens is 475 g/mol. The summed E-state index contributed by atoms with van der Waals surface area (Å²) in [7, 11) is 3.36. The molecule has 0 spiro atoms. The quantitative estimate of drug-likeness (QED) is 0.505. The lowest BCUT2D eigenvalue weighted by Gasteiger charge is -2.44. The van der Waals surface area contributed by atoms with Crippen LogP contribution in [-0.2, 0) is 9.47 Å². The van der Waals surface area contributed by atoms with Crippen LogP contribution in [0.4, 0.5) is 15.0 Å². The molecule has 0 aliphatic carbocycles. The van der Waals surface area contributed by atoms with E-state index < -0.39 is 29.9 Å². The topological polar surface area (TPSA) is 77.0 Å². The largest absolute Gasteiger partial charge is 0.467 e. The molecule has 2 saturated heterocycles. The number of piperidine rings is 1. The number of aromatic nitrogens is 2. The predicted molar refractivity (Wildman–Crippen MR) is 132 cm³/mol. The third-order valence-electron chi connectivity index (χ3n) is 6.46. The molecule has 35 heavy (non-hydrogen) atoms. The van der Waals surface area contributed by atoms with Crippen LogP contribution in [0.1, 0.15) is 40.0 Å². The lowest BCUT2D eigenvalue weighted by molar-refractivity contribution is -0.0104. The second kappa shape index (κ2) is 10.1. The number of fused-ring (bicyclic) bond motifs is 2. The number of hydrogen-bond donors (Lipinski definition) is 0. The monoisotopic (exact) mass is 506 g/mol. The van der Waals surface area contributed by atoms with E-state index in [-0.39, 0.29) is 12.8 Å². The number of carbonyl (C=O) groups is 1. The number of amides is 1. The molecule has 1 aromatic heterocycles. The molecule has 1 amide bonds. The van der Waals surface area contributed by atoms with E-state index in [1.807, 2.05) is 50.9 Å². The predicted octanol–water partition coefficient (Wildman–Crippen LogP) is 5.09. The maximum absolute atomic E-state index is 15.7. The number of nitrogens with zero attached hydrogens (tertiary/aromatic N) is 4. The summed E-state index contributed by atoms with van der Waals surface area (Å²) < 4.78 is 31.9. The molecule has 3 heterocycles. The Morgan fingerprint density at radius 2 is 2.00 bits per heavy atom. The first-order chi connectivity index (χ1) is 16.6. The smallest absolute Gasteiger partial charge is 0.410 e. The van der Waals surface area contributed by atoms with Gasteiger partial charge in [0.05, 0.1) is 17.8 Å². The van der Waals surface area contributed by atoms with Crippen LogP contribution in [0.3, 0.4) is 0 Å². The van der Waals surface area contributed by atoms with Gasteiger partial charge in [-0.3, -0.25) is 4.90 Å². The maximum Gasteiger partial charge on any atom is 0.410 e. The summed E-state index contributed by atoms with van der Waals surface area (Å²) >= 11 is 6.11. The Labute approximate surface area is 210 Å². The molecule has 0 unspecified atom stereocenters. The zero-order valence-electron chi connectivity index (χ0n) is 20.7. The Hall–Kier alpha value is -2.65. The molecule has 190 valence electrons. The summed E-state index contributed by atoms with van der Waals surface area (Å²) in [6, 6.07) is 7.91. The summed E-state index contributed by atoms with van der Waals surface area (Å²) in [5.74, 6) is 1.09. The highest BCUT2D eigenvalue weighted by Crippen LogP contribution is 2.41. The van der Waals surface area contributed by atoms with Gasteiger partial charge in [-0.2, -0.15) is 0 Å². The van der Waals surface area contributed by atoms with Gasteiger partial charge in [0.2, 0.25) is 0 Å². The molecule has 2 fully saturated rings. The van der Waals surface area contributed by atoms with E-state index in [9.17, 15) is 4.79 Å². The van der Waals surface area contributed by atoms with Gasteiger partial charge in [-0.15, -0.1) is 10.2 Å². The molecule has 0 radical (unpaired) electrons. The molecule has 4 rings (SSSR count). The third kappa shape index (κ3) is 5.46. The Balaban J connectivity index is 1.50. The van der Waals surface area contributed by atoms with Crippen molar-refractivity contribution in [2.75, 3.05) is 25.9 Å². The van der Waals surface area contributed by atoms with Crippen molar-refractivity contribution in [2.45, 2.75) is 69.9 Å². The van der Waals surface area contributed by atoms with E-state index in [0.29, 0.717) is 35.1 Å². The van der Waals surface area contributed by atoms with Gasteiger partial charge in [0, 0.05) is 30.8 Å². The summed E-state index contributed by atoms with van der Waals surface area (Å²) in [6.07, 6.45) is 0.231. The molecule has 0 N–H and O–H groups in total. The van der Waals surface area contributed by atoms with Crippen LogP contribution in [0.2, 0.25) is 5.02 Å². The van der Waals surface area contributed by atoms with Gasteiger partial charge in [0.25, 0.3) is 0 Å². The standard InChI is InChI=1S/C25H32ClFN4O4/c1-25(2,3)35-24(32)31-16-7-10-19(31)23(27)20(13-16)30(4)22-11-9-18(28-29-22)17-8-6-15(26)12-21(17)34-14-33-5/h6,8-9,11-12,16,19-20,23H,7,10,13-14H2,1-5H3/t16-,19+,20-,23+/m1/s1. The SMILES string of the molecule is COCOc1cc(Cl)ccc1-c1ccc(N(C)[C@@H]2C[C@H]3CC[C@@H]([C@@H]2F)N3C(=O)OC(C)(C)C)nn1. The van der Waals surface area contributed by atoms with Gasteiger partial charge in [-0.25, -0.2) is 9.18 Å². The molecule has 8 nitrogen and oxygen atoms in total. The molecule has 2 aliphatic rings. The van der Waals surface area contributed by atoms with E-state index in [2.05, 4.69) is 10.2 Å². The summed E-state index contributed by atoms with van der Waals surface area (Å²) in [5, 5.41) is 9.26. The van der Waals surface area contributed by atoms with E-state index in [1.165, 1.54) is 7.11 Å². The van der Waals surface area contributed by atoms with Gasteiger partial charge in [0.1, 0.15) is 17.5 Å². The number of benzene rings is 1.